The number of methoxy groups -OCH3 is 1. The highest BCUT2D eigenvalue weighted by Gasteiger charge is 2.30. The number of nitrogens with two attached hydrogens (primary N) is 2. The SMILES string of the molecule is COc1cc(C2N=C(NC#N)Nc3nc(N)c(C#N)c(N)c32)ccc1OCc1ccc(Cl)cc1Cl. The van der Waals surface area contributed by atoms with Crippen molar-refractivity contribution in [3.8, 4) is 23.8 Å². The smallest absolute Gasteiger partial charge is 0.211 e. The van der Waals surface area contributed by atoms with E-state index in [1.54, 1.807) is 36.4 Å². The number of nitrogens with one attached hydrogen (secondary N) is 2. The molecule has 4 rings (SSSR count). The number of aromatic nitrogens is 1. The van der Waals surface area contributed by atoms with E-state index in [2.05, 4.69) is 20.6 Å². The molecule has 0 radical (unpaired) electrons. The van der Waals surface area contributed by atoms with E-state index >= 15 is 0 Å². The molecule has 3 aromatic rings. The van der Waals surface area contributed by atoms with Crippen LogP contribution in [0.5, 0.6) is 11.5 Å². The minimum Gasteiger partial charge on any atom is -0.493 e. The zero-order valence-electron chi connectivity index (χ0n) is 18.3. The van der Waals surface area contributed by atoms with Crippen LogP contribution in [0.4, 0.5) is 17.3 Å². The standard InChI is InChI=1S/C23H18Cl2N8O2/c1-34-17-6-11(3-5-16(17)35-9-12-2-4-13(24)7-15(12)25)20-18-19(28)14(8-26)21(29)32-22(18)33-23(31-20)30-10-27/h2-7,20H,9H2,1H3,(H6,28,29,30,31,32,33). The normalized spacial score (nSPS) is 14.0. The van der Waals surface area contributed by atoms with Crippen LogP contribution in [0.15, 0.2) is 41.4 Å². The third kappa shape index (κ3) is 4.66. The lowest BCUT2D eigenvalue weighted by Gasteiger charge is -2.26. The van der Waals surface area contributed by atoms with Crippen molar-refractivity contribution in [3.63, 3.8) is 0 Å². The van der Waals surface area contributed by atoms with Gasteiger partial charge >= 0.3 is 0 Å². The number of benzene rings is 2. The van der Waals surface area contributed by atoms with Crippen LogP contribution in [0.3, 0.4) is 0 Å². The maximum Gasteiger partial charge on any atom is 0.211 e. The molecule has 0 saturated carbocycles. The lowest BCUT2D eigenvalue weighted by molar-refractivity contribution is 0.284. The van der Waals surface area contributed by atoms with Gasteiger partial charge in [0.1, 0.15) is 35.9 Å². The number of nitriles is 2. The van der Waals surface area contributed by atoms with Gasteiger partial charge in [-0.25, -0.2) is 9.98 Å². The number of hydrogen-bond donors (Lipinski definition) is 4. The maximum atomic E-state index is 9.49. The molecule has 1 aromatic heterocycles. The monoisotopic (exact) mass is 508 g/mol. The van der Waals surface area contributed by atoms with Crippen molar-refractivity contribution in [1.29, 1.82) is 10.5 Å². The molecule has 12 heteroatoms. The predicted octanol–water partition coefficient (Wildman–Crippen LogP) is 3.95. The fourth-order valence-corrected chi connectivity index (χ4v) is 4.05. The number of pyridine rings is 1. The Hall–Kier alpha value is -4.38. The van der Waals surface area contributed by atoms with E-state index in [1.807, 2.05) is 12.3 Å². The first-order valence-electron chi connectivity index (χ1n) is 10.1. The molecule has 0 amide bonds. The molecule has 1 atom stereocenters. The zero-order valence-corrected chi connectivity index (χ0v) is 19.8. The Morgan fingerprint density at radius 2 is 1.94 bits per heavy atom. The average molecular weight is 509 g/mol. The highest BCUT2D eigenvalue weighted by molar-refractivity contribution is 6.35. The molecule has 1 unspecified atom stereocenters. The summed E-state index contributed by atoms with van der Waals surface area (Å²) in [6.07, 6.45) is 1.81. The quantitative estimate of drug-likeness (QED) is 0.294. The van der Waals surface area contributed by atoms with Crippen LogP contribution in [0.1, 0.15) is 28.3 Å². The van der Waals surface area contributed by atoms with Gasteiger partial charge in [-0.15, -0.1) is 0 Å². The van der Waals surface area contributed by atoms with Crippen LogP contribution >= 0.6 is 23.2 Å². The molecular weight excluding hydrogens is 491 g/mol. The summed E-state index contributed by atoms with van der Waals surface area (Å²) in [5, 5.41) is 24.9. The van der Waals surface area contributed by atoms with Crippen molar-refractivity contribution in [2.75, 3.05) is 23.9 Å². The number of nitrogen functional groups attached to an aromatic ring is 2. The second-order valence-corrected chi connectivity index (χ2v) is 8.18. The summed E-state index contributed by atoms with van der Waals surface area (Å²) in [5.41, 5.74) is 14.2. The van der Waals surface area contributed by atoms with Gasteiger partial charge in [0.15, 0.2) is 17.7 Å². The molecule has 0 bridgehead atoms. The van der Waals surface area contributed by atoms with Crippen LogP contribution in [0, 0.1) is 22.8 Å². The molecule has 6 N–H and O–H groups in total. The maximum absolute atomic E-state index is 9.49. The van der Waals surface area contributed by atoms with Crippen molar-refractivity contribution in [2.24, 2.45) is 4.99 Å². The zero-order chi connectivity index (χ0) is 25.1. The number of hydrogen-bond acceptors (Lipinski definition) is 10. The van der Waals surface area contributed by atoms with Crippen molar-refractivity contribution >= 4 is 46.5 Å². The van der Waals surface area contributed by atoms with Crippen LogP contribution < -0.4 is 31.6 Å². The predicted molar refractivity (Wildman–Crippen MR) is 133 cm³/mol. The number of anilines is 3. The summed E-state index contributed by atoms with van der Waals surface area (Å²) in [4.78, 5) is 8.79. The first-order valence-corrected chi connectivity index (χ1v) is 10.8. The van der Waals surface area contributed by atoms with Gasteiger partial charge in [0, 0.05) is 21.2 Å². The molecule has 2 heterocycles. The first-order chi connectivity index (χ1) is 16.9. The number of fused-ring (bicyclic) bond motifs is 1. The number of aliphatic imine (C=N–C) groups is 1. The van der Waals surface area contributed by atoms with E-state index in [-0.39, 0.29) is 35.5 Å². The van der Waals surface area contributed by atoms with Gasteiger partial charge in [-0.2, -0.15) is 10.5 Å². The Morgan fingerprint density at radius 1 is 1.14 bits per heavy atom. The molecule has 176 valence electrons. The Balaban J connectivity index is 1.72. The molecule has 0 fully saturated rings. The number of ether oxygens (including phenoxy) is 2. The molecule has 1 aliphatic heterocycles. The van der Waals surface area contributed by atoms with E-state index < -0.39 is 6.04 Å². The summed E-state index contributed by atoms with van der Waals surface area (Å²) in [6, 6.07) is 11.6. The molecule has 35 heavy (non-hydrogen) atoms. The molecule has 0 aliphatic carbocycles. The fraction of sp³-hybridized carbons (Fsp3) is 0.130. The number of nitrogens with zero attached hydrogens (tertiary/aromatic N) is 4. The van der Waals surface area contributed by atoms with Crippen molar-refractivity contribution in [3.05, 3.63) is 68.7 Å². The Morgan fingerprint density at radius 3 is 2.63 bits per heavy atom. The van der Waals surface area contributed by atoms with Gasteiger partial charge in [-0.3, -0.25) is 5.32 Å². The largest absolute Gasteiger partial charge is 0.493 e. The molecule has 2 aromatic carbocycles. The Kier molecular flexibility index (Phi) is 6.69. The van der Waals surface area contributed by atoms with Crippen LogP contribution in [-0.2, 0) is 6.61 Å². The topological polar surface area (TPSA) is 167 Å². The van der Waals surface area contributed by atoms with Crippen molar-refractivity contribution < 1.29 is 9.47 Å². The molecule has 10 nitrogen and oxygen atoms in total. The summed E-state index contributed by atoms with van der Waals surface area (Å²) in [7, 11) is 1.51. The average Bonchev–Trinajstić information content (AvgIpc) is 2.83. The lowest BCUT2D eigenvalue weighted by Crippen LogP contribution is -2.32. The van der Waals surface area contributed by atoms with Crippen molar-refractivity contribution in [1.82, 2.24) is 10.3 Å². The number of halogens is 2. The van der Waals surface area contributed by atoms with E-state index in [4.69, 9.17) is 49.4 Å². The third-order valence-corrected chi connectivity index (χ3v) is 5.85. The van der Waals surface area contributed by atoms with Gasteiger partial charge in [0.25, 0.3) is 0 Å². The highest BCUT2D eigenvalue weighted by Crippen LogP contribution is 2.42. The summed E-state index contributed by atoms with van der Waals surface area (Å²) in [5.74, 6) is 1.30. The summed E-state index contributed by atoms with van der Waals surface area (Å²) in [6.45, 7) is 0.192. The van der Waals surface area contributed by atoms with E-state index in [1.165, 1.54) is 7.11 Å². The highest BCUT2D eigenvalue weighted by atomic mass is 35.5. The summed E-state index contributed by atoms with van der Waals surface area (Å²) >= 11 is 12.2. The van der Waals surface area contributed by atoms with Crippen LogP contribution in [0.2, 0.25) is 10.0 Å². The molecule has 0 spiro atoms. The molecule has 1 aliphatic rings. The van der Waals surface area contributed by atoms with Crippen LogP contribution in [-0.4, -0.2) is 18.1 Å². The van der Waals surface area contributed by atoms with E-state index in [9.17, 15) is 5.26 Å². The van der Waals surface area contributed by atoms with E-state index in [0.29, 0.717) is 32.7 Å². The van der Waals surface area contributed by atoms with Gasteiger partial charge in [-0.1, -0.05) is 35.3 Å². The number of rotatable bonds is 5. The van der Waals surface area contributed by atoms with Gasteiger partial charge in [0.05, 0.1) is 12.8 Å². The van der Waals surface area contributed by atoms with Gasteiger partial charge < -0.3 is 26.3 Å². The second kappa shape index (κ2) is 9.85. The Labute approximate surface area is 210 Å². The fourth-order valence-electron chi connectivity index (χ4n) is 3.59. The third-order valence-electron chi connectivity index (χ3n) is 5.26. The molecule has 0 saturated heterocycles. The first kappa shape index (κ1) is 23.8. The lowest BCUT2D eigenvalue weighted by atomic mass is 9.95. The summed E-state index contributed by atoms with van der Waals surface area (Å²) < 4.78 is 11.5. The number of guanidine groups is 1. The van der Waals surface area contributed by atoms with Crippen LogP contribution in [0.25, 0.3) is 0 Å². The van der Waals surface area contributed by atoms with Gasteiger partial charge in [-0.05, 0) is 29.8 Å². The van der Waals surface area contributed by atoms with E-state index in [0.717, 1.165) is 5.56 Å². The van der Waals surface area contributed by atoms with Crippen molar-refractivity contribution in [2.45, 2.75) is 12.6 Å². The van der Waals surface area contributed by atoms with Gasteiger partial charge in [0.2, 0.25) is 5.96 Å². The Bertz CT molecular complexity index is 1430. The second-order valence-electron chi connectivity index (χ2n) is 7.34. The minimum absolute atomic E-state index is 0.0320. The molecular formula is C23H18Cl2N8O2. The minimum atomic E-state index is -0.712.